The van der Waals surface area contributed by atoms with E-state index in [0.717, 1.165) is 6.07 Å². The summed E-state index contributed by atoms with van der Waals surface area (Å²) in [4.78, 5) is 34.6. The van der Waals surface area contributed by atoms with Crippen molar-refractivity contribution in [2.45, 2.75) is 6.61 Å². The number of nitro groups is 1. The van der Waals surface area contributed by atoms with Crippen molar-refractivity contribution in [2.24, 2.45) is 0 Å². The van der Waals surface area contributed by atoms with E-state index in [4.69, 9.17) is 10.5 Å². The molecule has 0 spiro atoms. The summed E-state index contributed by atoms with van der Waals surface area (Å²) in [5.41, 5.74) is 6.97. The molecular weight excluding hydrogens is 374 g/mol. The number of hydrogen-bond donors (Lipinski definition) is 2. The van der Waals surface area contributed by atoms with Crippen LogP contribution in [0.4, 0.5) is 17.1 Å². The Morgan fingerprint density at radius 1 is 0.966 bits per heavy atom. The molecular formula is C21H17N3O5. The van der Waals surface area contributed by atoms with E-state index in [-0.39, 0.29) is 29.5 Å². The Bertz CT molecular complexity index is 1050. The van der Waals surface area contributed by atoms with Crippen molar-refractivity contribution in [1.29, 1.82) is 0 Å². The highest BCUT2D eigenvalue weighted by atomic mass is 16.6. The maximum absolute atomic E-state index is 12.2. The molecule has 0 aromatic heterocycles. The molecule has 0 saturated heterocycles. The second-order valence-electron chi connectivity index (χ2n) is 6.12. The number of nitrogens with two attached hydrogens (primary N) is 1. The van der Waals surface area contributed by atoms with Gasteiger partial charge in [-0.1, -0.05) is 30.3 Å². The Morgan fingerprint density at radius 2 is 1.62 bits per heavy atom. The Morgan fingerprint density at radius 3 is 2.28 bits per heavy atom. The monoisotopic (exact) mass is 391 g/mol. The third-order valence-corrected chi connectivity index (χ3v) is 4.08. The van der Waals surface area contributed by atoms with Gasteiger partial charge in [0.05, 0.1) is 10.5 Å². The lowest BCUT2D eigenvalue weighted by Crippen LogP contribution is -2.12. The van der Waals surface area contributed by atoms with Crippen LogP contribution >= 0.6 is 0 Å². The van der Waals surface area contributed by atoms with Crippen LogP contribution in [0.3, 0.4) is 0 Å². The van der Waals surface area contributed by atoms with Gasteiger partial charge in [0.1, 0.15) is 12.3 Å². The van der Waals surface area contributed by atoms with E-state index in [1.807, 2.05) is 18.2 Å². The summed E-state index contributed by atoms with van der Waals surface area (Å²) in [5, 5.41) is 13.7. The van der Waals surface area contributed by atoms with Gasteiger partial charge < -0.3 is 15.8 Å². The summed E-state index contributed by atoms with van der Waals surface area (Å²) in [6.07, 6.45) is 0. The maximum Gasteiger partial charge on any atom is 0.338 e. The molecule has 8 nitrogen and oxygen atoms in total. The van der Waals surface area contributed by atoms with Crippen LogP contribution in [0, 0.1) is 10.1 Å². The molecule has 0 unspecified atom stereocenters. The second kappa shape index (κ2) is 8.66. The number of amides is 1. The zero-order chi connectivity index (χ0) is 20.8. The number of nitrogens with one attached hydrogen (secondary N) is 1. The predicted molar refractivity (Wildman–Crippen MR) is 107 cm³/mol. The zero-order valence-electron chi connectivity index (χ0n) is 15.2. The van der Waals surface area contributed by atoms with Crippen molar-refractivity contribution < 1.29 is 19.2 Å². The topological polar surface area (TPSA) is 125 Å². The fourth-order valence-corrected chi connectivity index (χ4v) is 2.54. The summed E-state index contributed by atoms with van der Waals surface area (Å²) >= 11 is 0. The number of hydrogen-bond acceptors (Lipinski definition) is 6. The van der Waals surface area contributed by atoms with Gasteiger partial charge in [-0.15, -0.1) is 0 Å². The molecule has 0 atom stereocenters. The Kier molecular flexibility index (Phi) is 5.84. The van der Waals surface area contributed by atoms with Crippen LogP contribution in [0.5, 0.6) is 0 Å². The van der Waals surface area contributed by atoms with Crippen LogP contribution in [0.2, 0.25) is 0 Å². The van der Waals surface area contributed by atoms with Crippen molar-refractivity contribution >= 4 is 28.9 Å². The number of para-hydroxylation sites is 1. The van der Waals surface area contributed by atoms with Gasteiger partial charge in [-0.05, 0) is 42.0 Å². The SMILES string of the molecule is Nc1ccc(C(=O)OCc2ccc(C(=O)Nc3ccccc3)cc2)cc1[N+](=O)[O-]. The summed E-state index contributed by atoms with van der Waals surface area (Å²) in [6, 6.07) is 19.4. The van der Waals surface area contributed by atoms with Crippen LogP contribution in [-0.2, 0) is 11.3 Å². The number of ether oxygens (including phenoxy) is 1. The minimum Gasteiger partial charge on any atom is -0.457 e. The van der Waals surface area contributed by atoms with E-state index < -0.39 is 10.9 Å². The van der Waals surface area contributed by atoms with Gasteiger partial charge in [-0.2, -0.15) is 0 Å². The fraction of sp³-hybridized carbons (Fsp3) is 0.0476. The lowest BCUT2D eigenvalue weighted by Gasteiger charge is -2.08. The standard InChI is InChI=1S/C21H17N3O5/c22-18-11-10-16(12-19(18)24(27)28)21(26)29-13-14-6-8-15(9-7-14)20(25)23-17-4-2-1-3-5-17/h1-12H,13,22H2,(H,23,25). The molecule has 0 heterocycles. The molecule has 3 N–H and O–H groups in total. The third-order valence-electron chi connectivity index (χ3n) is 4.08. The summed E-state index contributed by atoms with van der Waals surface area (Å²) in [5.74, 6) is -0.965. The van der Waals surface area contributed by atoms with Gasteiger partial charge in [0.25, 0.3) is 11.6 Å². The van der Waals surface area contributed by atoms with Gasteiger partial charge in [-0.3, -0.25) is 14.9 Å². The lowest BCUT2D eigenvalue weighted by atomic mass is 10.1. The predicted octanol–water partition coefficient (Wildman–Crippen LogP) is 3.79. The number of rotatable bonds is 6. The van der Waals surface area contributed by atoms with Crippen LogP contribution in [-0.4, -0.2) is 16.8 Å². The molecule has 3 aromatic carbocycles. The molecule has 0 aliphatic rings. The van der Waals surface area contributed by atoms with Gasteiger partial charge in [0, 0.05) is 17.3 Å². The molecule has 0 radical (unpaired) electrons. The largest absolute Gasteiger partial charge is 0.457 e. The van der Waals surface area contributed by atoms with Crippen LogP contribution < -0.4 is 11.1 Å². The number of nitrogen functional groups attached to an aromatic ring is 1. The highest BCUT2D eigenvalue weighted by Crippen LogP contribution is 2.23. The molecule has 0 aliphatic heterocycles. The van der Waals surface area contributed by atoms with Gasteiger partial charge in [0.15, 0.2) is 0 Å². The number of esters is 1. The highest BCUT2D eigenvalue weighted by Gasteiger charge is 2.16. The first kappa shape index (κ1) is 19.6. The van der Waals surface area contributed by atoms with Gasteiger partial charge in [-0.25, -0.2) is 4.79 Å². The van der Waals surface area contributed by atoms with Crippen molar-refractivity contribution in [2.75, 3.05) is 11.1 Å². The first-order valence-electron chi connectivity index (χ1n) is 8.60. The van der Waals surface area contributed by atoms with Crippen molar-refractivity contribution in [3.05, 3.63) is 99.6 Å². The smallest absolute Gasteiger partial charge is 0.338 e. The number of carbonyl (C=O) groups is 2. The normalized spacial score (nSPS) is 10.2. The van der Waals surface area contributed by atoms with E-state index in [0.29, 0.717) is 16.8 Å². The average Bonchev–Trinajstić information content (AvgIpc) is 2.73. The zero-order valence-corrected chi connectivity index (χ0v) is 15.2. The molecule has 29 heavy (non-hydrogen) atoms. The molecule has 3 rings (SSSR count). The van der Waals surface area contributed by atoms with E-state index in [1.54, 1.807) is 36.4 Å². The van der Waals surface area contributed by atoms with Gasteiger partial charge >= 0.3 is 5.97 Å². The van der Waals surface area contributed by atoms with Crippen LogP contribution in [0.1, 0.15) is 26.3 Å². The van der Waals surface area contributed by atoms with E-state index in [2.05, 4.69) is 5.32 Å². The maximum atomic E-state index is 12.2. The van der Waals surface area contributed by atoms with E-state index in [1.165, 1.54) is 12.1 Å². The number of anilines is 2. The second-order valence-corrected chi connectivity index (χ2v) is 6.12. The molecule has 0 fully saturated rings. The highest BCUT2D eigenvalue weighted by molar-refractivity contribution is 6.04. The third kappa shape index (κ3) is 4.95. The van der Waals surface area contributed by atoms with Crippen molar-refractivity contribution in [1.82, 2.24) is 0 Å². The number of nitrogens with zero attached hydrogens (tertiary/aromatic N) is 1. The van der Waals surface area contributed by atoms with E-state index in [9.17, 15) is 19.7 Å². The Hall–Kier alpha value is -4.20. The number of carbonyl (C=O) groups excluding carboxylic acids is 2. The average molecular weight is 391 g/mol. The first-order chi connectivity index (χ1) is 13.9. The molecule has 0 bridgehead atoms. The summed E-state index contributed by atoms with van der Waals surface area (Å²) < 4.78 is 5.18. The van der Waals surface area contributed by atoms with Gasteiger partial charge in [0.2, 0.25) is 0 Å². The van der Waals surface area contributed by atoms with Crippen molar-refractivity contribution in [3.8, 4) is 0 Å². The molecule has 8 heteroatoms. The van der Waals surface area contributed by atoms with E-state index >= 15 is 0 Å². The molecule has 0 aliphatic carbocycles. The Balaban J connectivity index is 1.60. The quantitative estimate of drug-likeness (QED) is 0.285. The van der Waals surface area contributed by atoms with Crippen LogP contribution in [0.25, 0.3) is 0 Å². The minimum absolute atomic E-state index is 0.0316. The summed E-state index contributed by atoms with van der Waals surface area (Å²) in [7, 11) is 0. The summed E-state index contributed by atoms with van der Waals surface area (Å²) in [6.45, 7) is -0.0441. The lowest BCUT2D eigenvalue weighted by molar-refractivity contribution is -0.383. The van der Waals surface area contributed by atoms with Crippen molar-refractivity contribution in [3.63, 3.8) is 0 Å². The minimum atomic E-state index is -0.709. The Labute approximate surface area is 166 Å². The fourth-order valence-electron chi connectivity index (χ4n) is 2.54. The number of benzene rings is 3. The first-order valence-corrected chi connectivity index (χ1v) is 8.60. The molecule has 146 valence electrons. The molecule has 0 saturated carbocycles. The molecule has 3 aromatic rings. The number of nitro benzene ring substituents is 1. The molecule has 1 amide bonds. The van der Waals surface area contributed by atoms with Crippen LogP contribution in [0.15, 0.2) is 72.8 Å².